The maximum Gasteiger partial charge on any atom is 0.303 e. The largest absolute Gasteiger partial charge is 0.463 e. The summed E-state index contributed by atoms with van der Waals surface area (Å²) in [4.78, 5) is 46.7. The molecule has 5 atom stereocenters. The fourth-order valence-corrected chi connectivity index (χ4v) is 3.18. The predicted molar refractivity (Wildman–Crippen MR) is 112 cm³/mol. The number of ether oxygens (including phenoxy) is 6. The van der Waals surface area contributed by atoms with Crippen LogP contribution in [-0.2, 0) is 42.9 Å². The van der Waals surface area contributed by atoms with Crippen molar-refractivity contribution < 1.29 is 47.6 Å². The molecule has 2 rings (SSSR count). The van der Waals surface area contributed by atoms with Crippen molar-refractivity contribution in [3.63, 3.8) is 0 Å². The molecule has 0 saturated carbocycles. The molecular weight excluding hydrogens is 436 g/mol. The Morgan fingerprint density at radius 1 is 0.818 bits per heavy atom. The molecule has 1 saturated heterocycles. The number of carbonyl (C=O) groups excluding carboxylic acids is 4. The fraction of sp³-hybridized carbons (Fsp3) is 0.478. The third-order valence-corrected chi connectivity index (χ3v) is 4.32. The molecule has 1 aliphatic heterocycles. The van der Waals surface area contributed by atoms with E-state index in [2.05, 4.69) is 11.8 Å². The zero-order valence-corrected chi connectivity index (χ0v) is 19.0. The lowest BCUT2D eigenvalue weighted by molar-refractivity contribution is -0.288. The molecule has 0 radical (unpaired) electrons. The van der Waals surface area contributed by atoms with E-state index in [1.165, 1.54) is 6.92 Å². The van der Waals surface area contributed by atoms with E-state index in [9.17, 15) is 19.2 Å². The Balaban J connectivity index is 2.43. The van der Waals surface area contributed by atoms with Crippen LogP contribution in [0.25, 0.3) is 0 Å². The Labute approximate surface area is 191 Å². The lowest BCUT2D eigenvalue weighted by atomic mass is 9.98. The first-order valence-electron chi connectivity index (χ1n) is 10.1. The highest BCUT2D eigenvalue weighted by atomic mass is 16.7. The number of hydrogen-bond donors (Lipinski definition) is 0. The summed E-state index contributed by atoms with van der Waals surface area (Å²) < 4.78 is 32.8. The van der Waals surface area contributed by atoms with Crippen LogP contribution in [0.3, 0.4) is 0 Å². The van der Waals surface area contributed by atoms with Gasteiger partial charge in [0.2, 0.25) is 12.4 Å². The van der Waals surface area contributed by atoms with Crippen LogP contribution >= 0.6 is 0 Å². The zero-order chi connectivity index (χ0) is 24.5. The van der Waals surface area contributed by atoms with Gasteiger partial charge in [0, 0.05) is 33.3 Å². The first-order chi connectivity index (χ1) is 15.6. The Hall–Kier alpha value is -3.58. The highest BCUT2D eigenvalue weighted by molar-refractivity contribution is 5.68. The van der Waals surface area contributed by atoms with Gasteiger partial charge in [-0.2, -0.15) is 0 Å². The van der Waals surface area contributed by atoms with E-state index in [-0.39, 0.29) is 6.61 Å². The molecule has 178 valence electrons. The van der Waals surface area contributed by atoms with Crippen LogP contribution in [0.5, 0.6) is 5.75 Å². The molecule has 0 bridgehead atoms. The maximum atomic E-state index is 11.8. The molecule has 0 aliphatic carbocycles. The minimum absolute atomic E-state index is 0.331. The summed E-state index contributed by atoms with van der Waals surface area (Å²) in [6.45, 7) is 6.04. The summed E-state index contributed by atoms with van der Waals surface area (Å²) in [7, 11) is 0. The van der Waals surface area contributed by atoms with Crippen molar-refractivity contribution >= 4 is 23.9 Å². The Kier molecular flexibility index (Phi) is 9.24. The monoisotopic (exact) mass is 462 g/mol. The molecule has 1 aromatic carbocycles. The third kappa shape index (κ3) is 7.80. The molecule has 0 spiro atoms. The van der Waals surface area contributed by atoms with E-state index in [0.29, 0.717) is 5.75 Å². The molecule has 0 aromatic heterocycles. The van der Waals surface area contributed by atoms with E-state index >= 15 is 0 Å². The van der Waals surface area contributed by atoms with Crippen LogP contribution in [0.15, 0.2) is 24.3 Å². The lowest BCUT2D eigenvalue weighted by Gasteiger charge is -2.43. The molecule has 10 heteroatoms. The van der Waals surface area contributed by atoms with Crippen molar-refractivity contribution in [1.82, 2.24) is 0 Å². The highest BCUT2D eigenvalue weighted by Gasteiger charge is 2.53. The van der Waals surface area contributed by atoms with Gasteiger partial charge in [0.15, 0.2) is 12.2 Å². The SMILES string of the molecule is CC#Cc1ccc(O[C@@H]2O[C@H](COC(C)=O)[C@@H](OC(C)=O)[C@@H](OC(C)=O)[C@H]2OC(C)=O)cc1. The normalized spacial score (nSPS) is 23.8. The van der Waals surface area contributed by atoms with Crippen molar-refractivity contribution in [3.05, 3.63) is 29.8 Å². The van der Waals surface area contributed by atoms with Crippen LogP contribution in [0.2, 0.25) is 0 Å². The van der Waals surface area contributed by atoms with Crippen molar-refractivity contribution in [3.8, 4) is 17.6 Å². The van der Waals surface area contributed by atoms with Crippen LogP contribution in [0.4, 0.5) is 0 Å². The van der Waals surface area contributed by atoms with E-state index in [4.69, 9.17) is 28.4 Å². The summed E-state index contributed by atoms with van der Waals surface area (Å²) >= 11 is 0. The minimum atomic E-state index is -1.29. The summed E-state index contributed by atoms with van der Waals surface area (Å²) in [5.74, 6) is 3.30. The second-order valence-electron chi connectivity index (χ2n) is 7.08. The summed E-state index contributed by atoms with van der Waals surface area (Å²) in [5, 5.41) is 0. The predicted octanol–water partition coefficient (Wildman–Crippen LogP) is 1.52. The molecule has 1 aliphatic rings. The van der Waals surface area contributed by atoms with Crippen LogP contribution in [0, 0.1) is 11.8 Å². The van der Waals surface area contributed by atoms with Crippen LogP contribution in [-0.4, -0.2) is 61.2 Å². The first-order valence-corrected chi connectivity index (χ1v) is 10.1. The quantitative estimate of drug-likeness (QED) is 0.335. The van der Waals surface area contributed by atoms with Gasteiger partial charge in [-0.1, -0.05) is 5.92 Å². The van der Waals surface area contributed by atoms with Gasteiger partial charge >= 0.3 is 23.9 Å². The lowest BCUT2D eigenvalue weighted by Crippen LogP contribution is -2.63. The van der Waals surface area contributed by atoms with E-state index in [1.807, 2.05) is 0 Å². The Bertz CT molecular complexity index is 927. The van der Waals surface area contributed by atoms with Gasteiger partial charge in [0.1, 0.15) is 18.5 Å². The second-order valence-corrected chi connectivity index (χ2v) is 7.08. The van der Waals surface area contributed by atoms with E-state index < -0.39 is 54.6 Å². The number of esters is 4. The van der Waals surface area contributed by atoms with Gasteiger partial charge in [-0.05, 0) is 31.2 Å². The summed E-state index contributed by atoms with van der Waals surface area (Å²) in [5.41, 5.74) is 0.756. The smallest absolute Gasteiger partial charge is 0.303 e. The van der Waals surface area contributed by atoms with Gasteiger partial charge in [-0.25, -0.2) is 0 Å². The molecule has 1 fully saturated rings. The van der Waals surface area contributed by atoms with Gasteiger partial charge in [0.25, 0.3) is 0 Å². The van der Waals surface area contributed by atoms with E-state index in [0.717, 1.165) is 26.3 Å². The molecule has 1 aromatic rings. The molecule has 0 amide bonds. The highest BCUT2D eigenvalue weighted by Crippen LogP contribution is 2.31. The average Bonchev–Trinajstić information content (AvgIpc) is 2.71. The van der Waals surface area contributed by atoms with Crippen molar-refractivity contribution in [2.75, 3.05) is 6.61 Å². The second kappa shape index (κ2) is 11.9. The number of benzene rings is 1. The zero-order valence-electron chi connectivity index (χ0n) is 19.0. The average molecular weight is 462 g/mol. The first kappa shape index (κ1) is 25.7. The van der Waals surface area contributed by atoms with Gasteiger partial charge in [0.05, 0.1) is 0 Å². The number of carbonyl (C=O) groups is 4. The number of hydrogen-bond acceptors (Lipinski definition) is 10. The summed E-state index contributed by atoms with van der Waals surface area (Å²) in [6.07, 6.45) is -6.19. The fourth-order valence-electron chi connectivity index (χ4n) is 3.18. The summed E-state index contributed by atoms with van der Waals surface area (Å²) in [6, 6.07) is 6.70. The molecule has 10 nitrogen and oxygen atoms in total. The van der Waals surface area contributed by atoms with Crippen LogP contribution < -0.4 is 4.74 Å². The van der Waals surface area contributed by atoms with Gasteiger partial charge < -0.3 is 28.4 Å². The standard InChI is InChI=1S/C23H26O10/c1-6-7-17-8-10-18(11-9-17)32-23-22(31-16(5)27)21(30-15(4)26)20(29-14(3)25)19(33-23)12-28-13(2)24/h8-11,19-23H,12H2,1-5H3/t19-,20-,21-,22-,23-/m1/s1. The maximum absolute atomic E-state index is 11.8. The molecule has 1 heterocycles. The van der Waals surface area contributed by atoms with Crippen molar-refractivity contribution in [2.24, 2.45) is 0 Å². The minimum Gasteiger partial charge on any atom is -0.463 e. The van der Waals surface area contributed by atoms with Gasteiger partial charge in [-0.3, -0.25) is 19.2 Å². The Morgan fingerprint density at radius 3 is 1.88 bits per heavy atom. The third-order valence-electron chi connectivity index (χ3n) is 4.32. The molecular formula is C23H26O10. The van der Waals surface area contributed by atoms with E-state index in [1.54, 1.807) is 31.2 Å². The van der Waals surface area contributed by atoms with Crippen LogP contribution in [0.1, 0.15) is 40.2 Å². The topological polar surface area (TPSA) is 124 Å². The Morgan fingerprint density at radius 2 is 1.36 bits per heavy atom. The molecule has 0 N–H and O–H groups in total. The number of rotatable bonds is 7. The molecule has 33 heavy (non-hydrogen) atoms. The van der Waals surface area contributed by atoms with Crippen molar-refractivity contribution in [2.45, 2.75) is 65.3 Å². The van der Waals surface area contributed by atoms with Gasteiger partial charge in [-0.15, -0.1) is 5.92 Å². The molecule has 0 unspecified atom stereocenters. The van der Waals surface area contributed by atoms with Crippen molar-refractivity contribution in [1.29, 1.82) is 0 Å².